The molecule has 27 nitrogen and oxygen atoms in total. The number of anilines is 2. The summed E-state index contributed by atoms with van der Waals surface area (Å²) in [5, 5.41) is 11.6. The van der Waals surface area contributed by atoms with Crippen molar-refractivity contribution < 1.29 is 83.8 Å². The zero-order valence-corrected chi connectivity index (χ0v) is 33.3. The number of aliphatic hydroxyl groups is 1. The summed E-state index contributed by atoms with van der Waals surface area (Å²) >= 11 is 0. The van der Waals surface area contributed by atoms with Gasteiger partial charge in [-0.15, -0.1) is 0 Å². The maximum atomic E-state index is 16.8. The molecule has 0 saturated carbocycles. The van der Waals surface area contributed by atoms with Crippen LogP contribution in [0.2, 0.25) is 0 Å². The standard InChI is InChI=1S/C30H38FN9O18P2/c1-4-47-29(43)48-11-52-60(46)51-8-16-21(17(31)26(56-16)39-9-35-18-14(32)5-6-34-23(18)39)57-59(45,53-12-49-30(44)54-13(2)3)50-7-15-20(41)22(58-60)27(55-15)40-10-36-19-24(40)37-28(33)38-25(19)42/h5-6,9-10,13,15-17,20-22,26-27,41H,4,7-8,11-12H2,1-3H3,(H2,32,34)(H3,33,37,38,42)/t15-,16-,17+,20+,21?,22?,26-,27-,59?,60?/m1/s1. The summed E-state index contributed by atoms with van der Waals surface area (Å²) in [7, 11) is -10.3. The molecule has 10 atom stereocenters. The summed E-state index contributed by atoms with van der Waals surface area (Å²) in [5.41, 5.74) is 11.1. The number of aliphatic hydroxyl groups excluding tert-OH is 1. The smallest absolute Gasteiger partial charge is 0.435 e. The highest BCUT2D eigenvalue weighted by Crippen LogP contribution is 2.58. The normalized spacial score (nSPS) is 31.0. The molecule has 4 aromatic rings. The number of nitrogens with one attached hydrogen (secondary N) is 1. The lowest BCUT2D eigenvalue weighted by atomic mass is 10.1. The van der Waals surface area contributed by atoms with Gasteiger partial charge in [0.15, 0.2) is 35.4 Å². The van der Waals surface area contributed by atoms with Gasteiger partial charge in [0.1, 0.15) is 36.0 Å². The number of hydrogen-bond donors (Lipinski definition) is 4. The predicted molar refractivity (Wildman–Crippen MR) is 193 cm³/mol. The van der Waals surface area contributed by atoms with Gasteiger partial charge < -0.3 is 45.0 Å². The first-order chi connectivity index (χ1) is 28.6. The van der Waals surface area contributed by atoms with Crippen LogP contribution in [0.5, 0.6) is 0 Å². The molecule has 3 aliphatic heterocycles. The summed E-state index contributed by atoms with van der Waals surface area (Å²) in [5.74, 6) is -0.339. The van der Waals surface area contributed by atoms with E-state index in [1.165, 1.54) is 39.4 Å². The number of H-pyrrole nitrogens is 1. The number of phosphoric ester groups is 2. The second-order valence-corrected chi connectivity index (χ2v) is 16.3. The minimum absolute atomic E-state index is 0.0672. The third-order valence-corrected chi connectivity index (χ3v) is 11.5. The lowest BCUT2D eigenvalue weighted by Crippen LogP contribution is -2.35. The van der Waals surface area contributed by atoms with E-state index in [4.69, 9.17) is 67.0 Å². The third-order valence-electron chi connectivity index (χ3n) is 8.74. The van der Waals surface area contributed by atoms with Gasteiger partial charge in [-0.05, 0) is 26.8 Å². The van der Waals surface area contributed by atoms with E-state index in [0.29, 0.717) is 0 Å². The van der Waals surface area contributed by atoms with Gasteiger partial charge in [-0.25, -0.2) is 47.1 Å². The maximum absolute atomic E-state index is 16.8. The molecule has 6 N–H and O–H groups in total. The molecule has 0 spiro atoms. The lowest BCUT2D eigenvalue weighted by molar-refractivity contribution is -0.0810. The fourth-order valence-corrected chi connectivity index (χ4v) is 8.62. The molecule has 328 valence electrons. The van der Waals surface area contributed by atoms with E-state index in [2.05, 4.69) is 24.9 Å². The first-order valence-electron chi connectivity index (χ1n) is 17.8. The van der Waals surface area contributed by atoms with Gasteiger partial charge in [-0.1, -0.05) is 0 Å². The number of alkyl halides is 1. The minimum atomic E-state index is -5.16. The SMILES string of the molecule is CCOC(=O)OCOP1(=O)OC[C@H]2O[C@@H](n3cnc4c(N)ccnc43)[C@@H](F)C2OP(=O)(OCOC(=O)OC(C)C)OC[C@H]2O[C@@H](n3cnc4c(=O)[nH]c(N)nc43)C(O1)[C@H]2O. The number of fused-ring (bicyclic) bond motifs is 5. The molecule has 0 amide bonds. The highest BCUT2D eigenvalue weighted by molar-refractivity contribution is 7.48. The van der Waals surface area contributed by atoms with E-state index in [1.807, 2.05) is 0 Å². The van der Waals surface area contributed by atoms with Crippen LogP contribution < -0.4 is 17.0 Å². The van der Waals surface area contributed by atoms with Crippen LogP contribution in [0, 0.1) is 0 Å². The van der Waals surface area contributed by atoms with Crippen LogP contribution in [0.15, 0.2) is 29.7 Å². The monoisotopic (exact) mass is 893 g/mol. The molecule has 3 saturated heterocycles. The molecule has 2 bridgehead atoms. The number of hydrogen-bond acceptors (Lipinski definition) is 24. The number of nitrogens with two attached hydrogens (primary N) is 2. The van der Waals surface area contributed by atoms with Crippen LogP contribution in [-0.4, -0.2) is 128 Å². The van der Waals surface area contributed by atoms with E-state index >= 15 is 4.39 Å². The summed E-state index contributed by atoms with van der Waals surface area (Å²) in [6.07, 6.45) is -14.2. The minimum Gasteiger partial charge on any atom is -0.435 e. The summed E-state index contributed by atoms with van der Waals surface area (Å²) in [6, 6.07) is 1.46. The van der Waals surface area contributed by atoms with Crippen molar-refractivity contribution in [1.29, 1.82) is 0 Å². The lowest BCUT2D eigenvalue weighted by Gasteiger charge is -2.28. The van der Waals surface area contributed by atoms with E-state index in [9.17, 15) is 28.6 Å². The van der Waals surface area contributed by atoms with Gasteiger partial charge in [-0.3, -0.25) is 37.0 Å². The molecule has 3 fully saturated rings. The first kappa shape index (κ1) is 43.2. The molecular formula is C30H38FN9O18P2. The van der Waals surface area contributed by atoms with Crippen molar-refractivity contribution in [3.05, 3.63) is 35.3 Å². The first-order valence-corrected chi connectivity index (χ1v) is 20.7. The molecule has 3 aliphatic rings. The molecule has 0 aliphatic carbocycles. The van der Waals surface area contributed by atoms with Crippen LogP contribution in [0.4, 0.5) is 25.6 Å². The molecule has 4 unspecified atom stereocenters. The second kappa shape index (κ2) is 17.6. The largest absolute Gasteiger partial charge is 0.510 e. The van der Waals surface area contributed by atoms with Crippen molar-refractivity contribution in [3.8, 4) is 0 Å². The number of carbonyl (C=O) groups is 2. The fraction of sp³-hybridized carbons (Fsp3) is 0.567. The molecular weight excluding hydrogens is 855 g/mol. The van der Waals surface area contributed by atoms with Crippen molar-refractivity contribution in [2.45, 2.75) is 76.0 Å². The van der Waals surface area contributed by atoms with Gasteiger partial charge in [0, 0.05) is 6.20 Å². The number of halogens is 1. The van der Waals surface area contributed by atoms with Gasteiger partial charge in [-0.2, -0.15) is 4.98 Å². The van der Waals surface area contributed by atoms with Crippen molar-refractivity contribution in [2.75, 3.05) is 44.9 Å². The number of phosphoric acid groups is 2. The Morgan fingerprint density at radius 1 is 0.917 bits per heavy atom. The fourth-order valence-electron chi connectivity index (χ4n) is 6.13. The van der Waals surface area contributed by atoms with Crippen molar-refractivity contribution >= 4 is 61.9 Å². The van der Waals surface area contributed by atoms with E-state index in [1.54, 1.807) is 0 Å². The zero-order chi connectivity index (χ0) is 42.9. The number of carbonyl (C=O) groups excluding carboxylic acids is 2. The van der Waals surface area contributed by atoms with E-state index in [0.717, 1.165) is 15.5 Å². The highest BCUT2D eigenvalue weighted by Gasteiger charge is 2.55. The highest BCUT2D eigenvalue weighted by atomic mass is 31.2. The number of nitrogen functional groups attached to an aromatic ring is 2. The van der Waals surface area contributed by atoms with Crippen LogP contribution in [0.3, 0.4) is 0 Å². The second-order valence-electron chi connectivity index (χ2n) is 13.1. The number of imidazole rings is 2. The zero-order valence-electron chi connectivity index (χ0n) is 31.5. The Labute approximate surface area is 335 Å². The topological polar surface area (TPSA) is 346 Å². The summed E-state index contributed by atoms with van der Waals surface area (Å²) < 4.78 is 113. The Bertz CT molecular complexity index is 2370. The number of nitrogens with zero attached hydrogens (tertiary/aromatic N) is 6. The average molecular weight is 894 g/mol. The van der Waals surface area contributed by atoms with Crippen molar-refractivity contribution in [2.24, 2.45) is 0 Å². The third kappa shape index (κ3) is 9.08. The number of ether oxygens (including phenoxy) is 6. The molecule has 0 radical (unpaired) electrons. The average Bonchev–Trinajstić information content (AvgIpc) is 3.94. The number of rotatable bonds is 10. The van der Waals surface area contributed by atoms with E-state index in [-0.39, 0.29) is 40.6 Å². The van der Waals surface area contributed by atoms with Crippen LogP contribution in [-0.2, 0) is 64.7 Å². The van der Waals surface area contributed by atoms with Gasteiger partial charge in [0.25, 0.3) is 5.56 Å². The Kier molecular flexibility index (Phi) is 12.7. The Morgan fingerprint density at radius 3 is 2.22 bits per heavy atom. The van der Waals surface area contributed by atoms with Crippen LogP contribution in [0.25, 0.3) is 22.3 Å². The van der Waals surface area contributed by atoms with E-state index < -0.39 is 116 Å². The quantitative estimate of drug-likeness (QED) is 0.100. The van der Waals surface area contributed by atoms with Crippen LogP contribution in [0.1, 0.15) is 33.2 Å². The summed E-state index contributed by atoms with van der Waals surface area (Å²) in [6.45, 7) is 0.327. The molecule has 60 heavy (non-hydrogen) atoms. The number of aromatic nitrogens is 7. The summed E-state index contributed by atoms with van der Waals surface area (Å²) in [4.78, 5) is 55.5. The Balaban J connectivity index is 1.26. The molecule has 0 aromatic carbocycles. The molecule has 4 aromatic heterocycles. The Morgan fingerprint density at radius 2 is 1.53 bits per heavy atom. The maximum Gasteiger partial charge on any atom is 0.510 e. The number of aromatic amines is 1. The molecule has 30 heteroatoms. The Hall–Kier alpha value is -4.86. The van der Waals surface area contributed by atoms with Crippen LogP contribution >= 0.6 is 15.6 Å². The predicted octanol–water partition coefficient (Wildman–Crippen LogP) is 1.94. The van der Waals surface area contributed by atoms with Gasteiger partial charge in [0.05, 0.1) is 44.3 Å². The van der Waals surface area contributed by atoms with Crippen molar-refractivity contribution in [1.82, 2.24) is 34.1 Å². The number of pyridine rings is 1. The molecule has 7 heterocycles. The van der Waals surface area contributed by atoms with Crippen molar-refractivity contribution in [3.63, 3.8) is 0 Å². The molecule has 7 rings (SSSR count). The van der Waals surface area contributed by atoms with Gasteiger partial charge in [0.2, 0.25) is 19.5 Å². The van der Waals surface area contributed by atoms with Gasteiger partial charge >= 0.3 is 28.0 Å².